The number of amides is 2. The normalized spacial score (nSPS) is 16.9. The Labute approximate surface area is 230 Å². The zero-order valence-corrected chi connectivity index (χ0v) is 22.3. The van der Waals surface area contributed by atoms with Crippen LogP contribution in [0.5, 0.6) is 0 Å². The predicted octanol–water partition coefficient (Wildman–Crippen LogP) is 6.96. The van der Waals surface area contributed by atoms with E-state index in [-0.39, 0.29) is 17.3 Å². The van der Waals surface area contributed by atoms with Crippen molar-refractivity contribution in [1.82, 2.24) is 15.2 Å². The average molecular weight is 560 g/mol. The Morgan fingerprint density at radius 3 is 2.57 bits per heavy atom. The van der Waals surface area contributed by atoms with E-state index in [1.165, 1.54) is 12.1 Å². The minimum Gasteiger partial charge on any atom is -0.334 e. The van der Waals surface area contributed by atoms with E-state index in [9.17, 15) is 9.18 Å². The van der Waals surface area contributed by atoms with Gasteiger partial charge >= 0.3 is 6.03 Å². The van der Waals surface area contributed by atoms with Crippen molar-refractivity contribution < 1.29 is 9.18 Å². The molecule has 1 N–H and O–H groups in total. The molecule has 3 heterocycles. The Bertz CT molecular complexity index is 1320. The minimum absolute atomic E-state index is 0.186. The van der Waals surface area contributed by atoms with E-state index >= 15 is 0 Å². The molecule has 2 amide bonds. The topological polar surface area (TPSA) is 48.5 Å². The summed E-state index contributed by atoms with van der Waals surface area (Å²) in [5, 5.41) is 4.42. The zero-order chi connectivity index (χ0) is 26.0. The highest BCUT2D eigenvalue weighted by atomic mass is 35.5. The highest BCUT2D eigenvalue weighted by Crippen LogP contribution is 2.51. The monoisotopic (exact) mass is 558 g/mol. The van der Waals surface area contributed by atoms with Gasteiger partial charge in [0.1, 0.15) is 11.0 Å². The predicted molar refractivity (Wildman–Crippen MR) is 148 cm³/mol. The molecule has 1 fully saturated rings. The number of aromatic nitrogens is 1. The number of carbonyl (C=O) groups is 1. The molecule has 37 heavy (non-hydrogen) atoms. The number of urea groups is 1. The summed E-state index contributed by atoms with van der Waals surface area (Å²) in [4.78, 5) is 21.4. The second kappa shape index (κ2) is 11.0. The van der Waals surface area contributed by atoms with E-state index in [2.05, 4.69) is 21.3 Å². The maximum atomic E-state index is 13.3. The summed E-state index contributed by atoms with van der Waals surface area (Å²) in [6.07, 6.45) is 7.44. The lowest BCUT2D eigenvalue weighted by molar-refractivity contribution is 0.180. The number of fused-ring (bicyclic) bond motifs is 2. The number of likely N-dealkylation sites (tertiary alicyclic amines) is 1. The van der Waals surface area contributed by atoms with Crippen molar-refractivity contribution in [1.29, 1.82) is 0 Å². The first-order valence-corrected chi connectivity index (χ1v) is 13.3. The fourth-order valence-electron chi connectivity index (χ4n) is 5.23. The van der Waals surface area contributed by atoms with Crippen molar-refractivity contribution >= 4 is 52.6 Å². The van der Waals surface area contributed by atoms with Crippen molar-refractivity contribution in [3.05, 3.63) is 98.5 Å². The molecule has 3 aromatic rings. The molecule has 0 bridgehead atoms. The molecular weight excluding hydrogens is 534 g/mol. The maximum Gasteiger partial charge on any atom is 0.322 e. The number of nitrogens with one attached hydrogen (secondary N) is 1. The Hall–Kier alpha value is -2.64. The fraction of sp³-hybridized carbons (Fsp3) is 0.286. The number of hydrogen-bond acceptors (Lipinski definition) is 3. The molecule has 192 valence electrons. The number of hydrogen-bond donors (Lipinski definition) is 1. The second-order valence-corrected chi connectivity index (χ2v) is 10.7. The summed E-state index contributed by atoms with van der Waals surface area (Å²) in [5.74, 6) is -0.237. The summed E-state index contributed by atoms with van der Waals surface area (Å²) < 4.78 is 13.1. The molecule has 0 radical (unpaired) electrons. The third-order valence-electron chi connectivity index (χ3n) is 7.19. The van der Waals surface area contributed by atoms with Crippen LogP contribution in [0.4, 0.5) is 14.9 Å². The number of rotatable bonds is 5. The summed E-state index contributed by atoms with van der Waals surface area (Å²) in [6.45, 7) is 3.41. The van der Waals surface area contributed by atoms with Crippen molar-refractivity contribution in [2.24, 2.45) is 0 Å². The lowest BCUT2D eigenvalue weighted by Crippen LogP contribution is -2.47. The van der Waals surface area contributed by atoms with E-state index < -0.39 is 0 Å². The van der Waals surface area contributed by atoms with Crippen LogP contribution < -0.4 is 10.2 Å². The Morgan fingerprint density at radius 1 is 1.08 bits per heavy atom. The Balaban J connectivity index is 1.28. The molecule has 2 aromatic carbocycles. The summed E-state index contributed by atoms with van der Waals surface area (Å²) in [5.41, 5.74) is 3.36. The molecule has 5 nitrogen and oxygen atoms in total. The number of carbonyl (C=O) groups excluding carboxylic acids is 1. The lowest BCUT2D eigenvalue weighted by Gasteiger charge is -2.39. The zero-order valence-electron chi connectivity index (χ0n) is 20.1. The number of anilines is 1. The number of benzene rings is 2. The lowest BCUT2D eigenvalue weighted by atomic mass is 9.74. The van der Waals surface area contributed by atoms with Crippen LogP contribution in [0.25, 0.3) is 6.08 Å². The molecular formula is C28H26Cl3FN4O. The molecule has 1 saturated heterocycles. The van der Waals surface area contributed by atoms with Gasteiger partial charge in [-0.15, -0.1) is 0 Å². The van der Waals surface area contributed by atoms with Gasteiger partial charge in [-0.1, -0.05) is 59.1 Å². The number of halogens is 4. The van der Waals surface area contributed by atoms with E-state index in [0.717, 1.165) is 54.9 Å². The van der Waals surface area contributed by atoms with Crippen LogP contribution in [0.3, 0.4) is 0 Å². The van der Waals surface area contributed by atoms with Crippen LogP contribution >= 0.6 is 34.8 Å². The first-order chi connectivity index (χ1) is 17.8. The van der Waals surface area contributed by atoms with E-state index in [0.29, 0.717) is 28.3 Å². The van der Waals surface area contributed by atoms with Crippen LogP contribution in [0.2, 0.25) is 15.2 Å². The van der Waals surface area contributed by atoms with Gasteiger partial charge in [0.05, 0.1) is 15.7 Å². The SMILES string of the molecule is O=C(NCc1ccnc(Cl)c1)N1CC2(CCN(CC=Cc3ccc(F)cc3)CC2)c2c1ccc(Cl)c2Cl. The molecule has 0 unspecified atom stereocenters. The van der Waals surface area contributed by atoms with E-state index in [1.807, 2.05) is 18.2 Å². The van der Waals surface area contributed by atoms with Gasteiger partial charge in [0, 0.05) is 36.8 Å². The van der Waals surface area contributed by atoms with Crippen LogP contribution in [0.15, 0.2) is 60.8 Å². The highest BCUT2D eigenvalue weighted by molar-refractivity contribution is 6.43. The van der Waals surface area contributed by atoms with Crippen molar-refractivity contribution in [2.45, 2.75) is 24.8 Å². The van der Waals surface area contributed by atoms with Gasteiger partial charge in [-0.05, 0) is 73.5 Å². The van der Waals surface area contributed by atoms with Crippen LogP contribution in [-0.2, 0) is 12.0 Å². The smallest absolute Gasteiger partial charge is 0.322 e. The third-order valence-corrected chi connectivity index (χ3v) is 8.20. The number of nitrogens with zero attached hydrogens (tertiary/aromatic N) is 3. The summed E-state index contributed by atoms with van der Waals surface area (Å²) in [7, 11) is 0. The van der Waals surface area contributed by atoms with E-state index in [4.69, 9.17) is 34.8 Å². The van der Waals surface area contributed by atoms with Crippen molar-refractivity contribution in [3.63, 3.8) is 0 Å². The van der Waals surface area contributed by atoms with Crippen LogP contribution in [0, 0.1) is 5.82 Å². The van der Waals surface area contributed by atoms with Crippen molar-refractivity contribution in [3.8, 4) is 0 Å². The molecule has 0 atom stereocenters. The molecule has 0 aliphatic carbocycles. The van der Waals surface area contributed by atoms with Gasteiger partial charge in [0.25, 0.3) is 0 Å². The van der Waals surface area contributed by atoms with Gasteiger partial charge in [0.2, 0.25) is 0 Å². The molecule has 1 spiro atoms. The number of pyridine rings is 1. The molecule has 2 aliphatic heterocycles. The van der Waals surface area contributed by atoms with Crippen LogP contribution in [-0.4, -0.2) is 42.1 Å². The Morgan fingerprint density at radius 2 is 1.84 bits per heavy atom. The van der Waals surface area contributed by atoms with Gasteiger partial charge in [-0.3, -0.25) is 9.80 Å². The molecule has 9 heteroatoms. The van der Waals surface area contributed by atoms with Crippen molar-refractivity contribution in [2.75, 3.05) is 31.1 Å². The maximum absolute atomic E-state index is 13.3. The first-order valence-electron chi connectivity index (χ1n) is 12.1. The second-order valence-electron chi connectivity index (χ2n) is 9.52. The van der Waals surface area contributed by atoms with Gasteiger partial charge in [-0.2, -0.15) is 0 Å². The van der Waals surface area contributed by atoms with Gasteiger partial charge < -0.3 is 5.32 Å². The largest absolute Gasteiger partial charge is 0.334 e. The summed E-state index contributed by atoms with van der Waals surface area (Å²) >= 11 is 19.2. The summed E-state index contributed by atoms with van der Waals surface area (Å²) in [6, 6.07) is 13.5. The van der Waals surface area contributed by atoms with E-state index in [1.54, 1.807) is 35.4 Å². The van der Waals surface area contributed by atoms with Gasteiger partial charge in [0.15, 0.2) is 0 Å². The minimum atomic E-state index is -0.258. The average Bonchev–Trinajstić information content (AvgIpc) is 3.21. The Kier molecular flexibility index (Phi) is 7.72. The van der Waals surface area contributed by atoms with Gasteiger partial charge in [-0.25, -0.2) is 14.2 Å². The number of piperidine rings is 1. The fourth-order valence-corrected chi connectivity index (χ4v) is 5.94. The van der Waals surface area contributed by atoms with Crippen LogP contribution in [0.1, 0.15) is 29.5 Å². The molecule has 1 aromatic heterocycles. The quantitative estimate of drug-likeness (QED) is 0.344. The third kappa shape index (κ3) is 5.63. The molecule has 0 saturated carbocycles. The molecule has 2 aliphatic rings. The highest BCUT2D eigenvalue weighted by Gasteiger charge is 2.48. The first kappa shape index (κ1) is 26.0. The molecule has 5 rings (SSSR count). The standard InChI is InChI=1S/C28H26Cl3FN4O/c29-22-7-8-23-25(26(22)31)28(18-36(23)27(37)34-17-20-9-12-33-24(30)16-20)10-14-35(15-11-28)13-1-2-19-3-5-21(32)6-4-19/h1-9,12,16H,10-11,13-15,17-18H2,(H,34,37).